The number of aromatic nitrogens is 2. The predicted octanol–water partition coefficient (Wildman–Crippen LogP) is 1.33. The maximum absolute atomic E-state index is 5.54. The van der Waals surface area contributed by atoms with E-state index in [-0.39, 0.29) is 0 Å². The molecule has 1 atom stereocenters. The fourth-order valence-electron chi connectivity index (χ4n) is 1.53. The van der Waals surface area contributed by atoms with Gasteiger partial charge < -0.3 is 0 Å². The van der Waals surface area contributed by atoms with Gasteiger partial charge in [-0.25, -0.2) is 0 Å². The first kappa shape index (κ1) is 13.5. The van der Waals surface area contributed by atoms with Gasteiger partial charge in [0, 0.05) is 25.0 Å². The zero-order valence-electron chi connectivity index (χ0n) is 10.1. The Morgan fingerprint density at radius 3 is 3.00 bits per heavy atom. The Labute approximate surface area is 102 Å². The molecule has 0 fully saturated rings. The van der Waals surface area contributed by atoms with Gasteiger partial charge >= 0.3 is 0 Å². The summed E-state index contributed by atoms with van der Waals surface area (Å²) in [5.41, 5.74) is 4.17. The van der Waals surface area contributed by atoms with Gasteiger partial charge in [0.15, 0.2) is 0 Å². The van der Waals surface area contributed by atoms with Crippen molar-refractivity contribution in [1.82, 2.24) is 15.2 Å². The number of hydrogen-bond donors (Lipinski definition) is 2. The molecular formula is C11H22N4S. The maximum atomic E-state index is 5.54. The molecule has 1 rings (SSSR count). The summed E-state index contributed by atoms with van der Waals surface area (Å²) in [6.07, 6.45) is 7.32. The normalized spacial score (nSPS) is 12.9. The third-order valence-electron chi connectivity index (χ3n) is 2.44. The molecule has 0 bridgehead atoms. The van der Waals surface area contributed by atoms with Crippen molar-refractivity contribution in [2.24, 2.45) is 12.9 Å². The molecule has 1 heterocycles. The molecule has 0 radical (unpaired) electrons. The maximum Gasteiger partial charge on any atom is 0.0521 e. The summed E-state index contributed by atoms with van der Waals surface area (Å²) in [7, 11) is 1.94. The Bertz CT molecular complexity index is 287. The molecule has 5 heteroatoms. The summed E-state index contributed by atoms with van der Waals surface area (Å²) in [6, 6.07) is 0.400. The highest BCUT2D eigenvalue weighted by atomic mass is 32.2. The first-order valence-corrected chi connectivity index (χ1v) is 6.93. The van der Waals surface area contributed by atoms with E-state index in [2.05, 4.69) is 23.6 Å². The monoisotopic (exact) mass is 242 g/mol. The summed E-state index contributed by atoms with van der Waals surface area (Å²) < 4.78 is 1.84. The van der Waals surface area contributed by atoms with Crippen molar-refractivity contribution < 1.29 is 0 Å². The van der Waals surface area contributed by atoms with E-state index in [0.29, 0.717) is 6.04 Å². The van der Waals surface area contributed by atoms with E-state index >= 15 is 0 Å². The number of thioether (sulfide) groups is 1. The van der Waals surface area contributed by atoms with Crippen LogP contribution in [0.15, 0.2) is 12.4 Å². The smallest absolute Gasteiger partial charge is 0.0521 e. The van der Waals surface area contributed by atoms with Gasteiger partial charge in [-0.15, -0.1) is 0 Å². The van der Waals surface area contributed by atoms with Crippen LogP contribution in [0.5, 0.6) is 0 Å². The fourth-order valence-corrected chi connectivity index (χ4v) is 2.53. The van der Waals surface area contributed by atoms with Crippen LogP contribution in [0.25, 0.3) is 0 Å². The molecule has 1 aromatic rings. The molecule has 16 heavy (non-hydrogen) atoms. The van der Waals surface area contributed by atoms with Crippen molar-refractivity contribution >= 4 is 11.8 Å². The Hall–Kier alpha value is -0.520. The third-order valence-corrected chi connectivity index (χ3v) is 3.78. The van der Waals surface area contributed by atoms with E-state index < -0.39 is 0 Å². The van der Waals surface area contributed by atoms with Crippen LogP contribution in [0, 0.1) is 0 Å². The van der Waals surface area contributed by atoms with Crippen LogP contribution >= 0.6 is 11.8 Å². The topological polar surface area (TPSA) is 55.9 Å². The Balaban J connectivity index is 2.22. The zero-order chi connectivity index (χ0) is 11.8. The summed E-state index contributed by atoms with van der Waals surface area (Å²) in [6.45, 7) is 2.20. The molecule has 0 spiro atoms. The van der Waals surface area contributed by atoms with E-state index in [1.807, 2.05) is 29.7 Å². The molecule has 1 aromatic heterocycles. The highest BCUT2D eigenvalue weighted by Crippen LogP contribution is 2.09. The first-order chi connectivity index (χ1) is 7.76. The van der Waals surface area contributed by atoms with Crippen molar-refractivity contribution in [3.63, 3.8) is 0 Å². The summed E-state index contributed by atoms with van der Waals surface area (Å²) in [5, 5.41) is 4.16. The molecule has 0 aliphatic heterocycles. The second-order valence-electron chi connectivity index (χ2n) is 4.00. The van der Waals surface area contributed by atoms with E-state index in [4.69, 9.17) is 5.84 Å². The van der Waals surface area contributed by atoms with Gasteiger partial charge in [0.25, 0.3) is 0 Å². The lowest BCUT2D eigenvalue weighted by molar-refractivity contribution is 0.539. The van der Waals surface area contributed by atoms with E-state index in [9.17, 15) is 0 Å². The van der Waals surface area contributed by atoms with E-state index in [1.165, 1.54) is 17.7 Å². The van der Waals surface area contributed by atoms with Gasteiger partial charge in [-0.2, -0.15) is 16.9 Å². The van der Waals surface area contributed by atoms with Gasteiger partial charge in [0.2, 0.25) is 0 Å². The molecule has 92 valence electrons. The summed E-state index contributed by atoms with van der Waals surface area (Å²) >= 11 is 1.96. The van der Waals surface area contributed by atoms with Crippen LogP contribution in [0.3, 0.4) is 0 Å². The average molecular weight is 242 g/mol. The van der Waals surface area contributed by atoms with Crippen LogP contribution in [0.2, 0.25) is 0 Å². The number of nitrogens with zero attached hydrogens (tertiary/aromatic N) is 2. The van der Waals surface area contributed by atoms with E-state index in [1.54, 1.807) is 0 Å². The van der Waals surface area contributed by atoms with Gasteiger partial charge in [-0.05, 0) is 30.6 Å². The Morgan fingerprint density at radius 1 is 1.62 bits per heavy atom. The second-order valence-corrected chi connectivity index (χ2v) is 5.15. The SMILES string of the molecule is CCCSCC(CCc1cnn(C)c1)NN. The number of hydrazine groups is 1. The molecular weight excluding hydrogens is 220 g/mol. The third kappa shape index (κ3) is 5.01. The summed E-state index contributed by atoms with van der Waals surface area (Å²) in [5.74, 6) is 7.84. The van der Waals surface area contributed by atoms with Crippen LogP contribution in [0.1, 0.15) is 25.3 Å². The van der Waals surface area contributed by atoms with Gasteiger partial charge in [-0.3, -0.25) is 16.0 Å². The molecule has 0 aliphatic rings. The number of aryl methyl sites for hydroxylation is 2. The van der Waals surface area contributed by atoms with Crippen molar-refractivity contribution in [2.45, 2.75) is 32.2 Å². The molecule has 1 unspecified atom stereocenters. The second kappa shape index (κ2) is 7.70. The molecule has 0 aliphatic carbocycles. The minimum atomic E-state index is 0.400. The Morgan fingerprint density at radius 2 is 2.44 bits per heavy atom. The predicted molar refractivity (Wildman–Crippen MR) is 70.3 cm³/mol. The van der Waals surface area contributed by atoms with Crippen molar-refractivity contribution in [3.8, 4) is 0 Å². The van der Waals surface area contributed by atoms with Crippen LogP contribution in [0.4, 0.5) is 0 Å². The minimum absolute atomic E-state index is 0.400. The van der Waals surface area contributed by atoms with Gasteiger partial charge in [0.05, 0.1) is 6.20 Å². The van der Waals surface area contributed by atoms with Crippen LogP contribution in [-0.2, 0) is 13.5 Å². The van der Waals surface area contributed by atoms with Crippen LogP contribution in [-0.4, -0.2) is 27.3 Å². The highest BCUT2D eigenvalue weighted by molar-refractivity contribution is 7.99. The molecule has 0 saturated carbocycles. The number of nitrogens with two attached hydrogens (primary N) is 1. The number of rotatable bonds is 8. The Kier molecular flexibility index (Phi) is 6.52. The summed E-state index contributed by atoms with van der Waals surface area (Å²) in [4.78, 5) is 0. The number of hydrogen-bond acceptors (Lipinski definition) is 4. The van der Waals surface area contributed by atoms with Crippen molar-refractivity contribution in [1.29, 1.82) is 0 Å². The molecule has 0 aromatic carbocycles. The quantitative estimate of drug-likeness (QED) is 0.410. The standard InChI is InChI=1S/C11H22N4S/c1-3-6-16-9-11(14-12)5-4-10-7-13-15(2)8-10/h7-8,11,14H,3-6,9,12H2,1-2H3. The average Bonchev–Trinajstić information content (AvgIpc) is 2.69. The van der Waals surface area contributed by atoms with Crippen molar-refractivity contribution in [2.75, 3.05) is 11.5 Å². The zero-order valence-corrected chi connectivity index (χ0v) is 11.0. The lowest BCUT2D eigenvalue weighted by atomic mass is 10.1. The number of nitrogens with one attached hydrogen (secondary N) is 1. The molecule has 0 saturated heterocycles. The molecule has 4 nitrogen and oxygen atoms in total. The lowest BCUT2D eigenvalue weighted by Crippen LogP contribution is -2.37. The largest absolute Gasteiger partial charge is 0.276 e. The lowest BCUT2D eigenvalue weighted by Gasteiger charge is -2.14. The van der Waals surface area contributed by atoms with Crippen molar-refractivity contribution in [3.05, 3.63) is 18.0 Å². The van der Waals surface area contributed by atoms with Crippen LogP contribution < -0.4 is 11.3 Å². The minimum Gasteiger partial charge on any atom is -0.276 e. The van der Waals surface area contributed by atoms with E-state index in [0.717, 1.165) is 18.6 Å². The fraction of sp³-hybridized carbons (Fsp3) is 0.727. The molecule has 0 amide bonds. The van der Waals surface area contributed by atoms with Gasteiger partial charge in [-0.1, -0.05) is 6.92 Å². The molecule has 3 N–H and O–H groups in total. The highest BCUT2D eigenvalue weighted by Gasteiger charge is 2.07. The first-order valence-electron chi connectivity index (χ1n) is 5.77. The van der Waals surface area contributed by atoms with Gasteiger partial charge in [0.1, 0.15) is 0 Å².